The number of carbonyl (C=O) groups is 2. The molecule has 0 aromatic heterocycles. The number of carbonyl (C=O) groups excluding carboxylic acids is 2. The first-order chi connectivity index (χ1) is 8.25. The summed E-state index contributed by atoms with van der Waals surface area (Å²) in [5.74, 6) is -1.30. The van der Waals surface area contributed by atoms with Crippen molar-refractivity contribution in [2.24, 2.45) is 11.8 Å². The molecule has 0 bridgehead atoms. The number of hydrogen-bond donors (Lipinski definition) is 0. The Labute approximate surface area is 117 Å². The lowest BCUT2D eigenvalue weighted by molar-refractivity contribution is -0.142. The van der Waals surface area contributed by atoms with Crippen LogP contribution in [0.25, 0.3) is 0 Å². The fourth-order valence-electron chi connectivity index (χ4n) is 0.791. The first kappa shape index (κ1) is 17.3. The summed E-state index contributed by atoms with van der Waals surface area (Å²) in [5, 5.41) is -0.905. The maximum absolute atomic E-state index is 11.4. The van der Waals surface area contributed by atoms with Crippen molar-refractivity contribution < 1.29 is 19.1 Å². The molecule has 0 aromatic carbocycles. The average molecular weight is 297 g/mol. The second-order valence-electron chi connectivity index (χ2n) is 4.61. The molecule has 0 unspecified atom stereocenters. The lowest BCUT2D eigenvalue weighted by Gasteiger charge is -2.09. The van der Waals surface area contributed by atoms with Gasteiger partial charge in [0.25, 0.3) is 0 Å². The third kappa shape index (κ3) is 6.87. The van der Waals surface area contributed by atoms with Gasteiger partial charge in [0.2, 0.25) is 0 Å². The highest BCUT2D eigenvalue weighted by molar-refractivity contribution is 6.53. The number of halogens is 2. The largest absolute Gasteiger partial charge is 0.461 e. The van der Waals surface area contributed by atoms with Crippen LogP contribution in [0.1, 0.15) is 27.7 Å². The van der Waals surface area contributed by atoms with Crippen LogP contribution in [-0.2, 0) is 19.1 Å². The minimum Gasteiger partial charge on any atom is -0.461 e. The first-order valence-electron chi connectivity index (χ1n) is 5.65. The van der Waals surface area contributed by atoms with E-state index >= 15 is 0 Å². The lowest BCUT2D eigenvalue weighted by Crippen LogP contribution is -2.15. The zero-order valence-electron chi connectivity index (χ0n) is 11.0. The van der Waals surface area contributed by atoms with E-state index in [9.17, 15) is 9.59 Å². The van der Waals surface area contributed by atoms with Crippen molar-refractivity contribution in [3.8, 4) is 0 Å². The Morgan fingerprint density at radius 2 is 1.11 bits per heavy atom. The van der Waals surface area contributed by atoms with Crippen molar-refractivity contribution in [2.45, 2.75) is 27.7 Å². The lowest BCUT2D eigenvalue weighted by atomic mass is 10.2. The molecule has 0 N–H and O–H groups in total. The molecule has 0 aliphatic heterocycles. The van der Waals surface area contributed by atoms with Crippen molar-refractivity contribution in [1.29, 1.82) is 0 Å². The Morgan fingerprint density at radius 1 is 0.833 bits per heavy atom. The molecule has 104 valence electrons. The molecule has 6 heteroatoms. The molecule has 0 atom stereocenters. The van der Waals surface area contributed by atoms with E-state index < -0.39 is 22.0 Å². The Hall–Kier alpha value is -0.740. The monoisotopic (exact) mass is 296 g/mol. The van der Waals surface area contributed by atoms with Crippen LogP contribution in [0.2, 0.25) is 0 Å². The van der Waals surface area contributed by atoms with Gasteiger partial charge in [-0.25, -0.2) is 9.59 Å². The van der Waals surface area contributed by atoms with E-state index in [0.29, 0.717) is 0 Å². The molecule has 0 heterocycles. The second kappa shape index (κ2) is 8.38. The molecule has 0 rings (SSSR count). The zero-order chi connectivity index (χ0) is 14.3. The van der Waals surface area contributed by atoms with Gasteiger partial charge in [0, 0.05) is 0 Å². The molecule has 0 aliphatic carbocycles. The van der Waals surface area contributed by atoms with Gasteiger partial charge in [-0.05, 0) is 11.8 Å². The van der Waals surface area contributed by atoms with Crippen molar-refractivity contribution in [3.63, 3.8) is 0 Å². The summed E-state index contributed by atoms with van der Waals surface area (Å²) >= 11 is 11.3. The van der Waals surface area contributed by atoms with Gasteiger partial charge in [-0.3, -0.25) is 0 Å². The van der Waals surface area contributed by atoms with Crippen LogP contribution in [0.15, 0.2) is 10.1 Å². The molecular formula is C12H18Cl2O4. The third-order valence-electron chi connectivity index (χ3n) is 1.65. The Morgan fingerprint density at radius 3 is 1.33 bits per heavy atom. The zero-order valence-corrected chi connectivity index (χ0v) is 12.5. The molecule has 0 amide bonds. The maximum Gasteiger partial charge on any atom is 0.351 e. The highest BCUT2D eigenvalue weighted by Gasteiger charge is 2.20. The topological polar surface area (TPSA) is 52.6 Å². The fourth-order valence-corrected chi connectivity index (χ4v) is 1.05. The van der Waals surface area contributed by atoms with Crippen LogP contribution in [0.3, 0.4) is 0 Å². The quantitative estimate of drug-likeness (QED) is 0.558. The van der Waals surface area contributed by atoms with Crippen LogP contribution >= 0.6 is 23.2 Å². The Bertz CT molecular complexity index is 303. The van der Waals surface area contributed by atoms with E-state index in [-0.39, 0.29) is 25.0 Å². The van der Waals surface area contributed by atoms with E-state index in [0.717, 1.165) is 0 Å². The third-order valence-corrected chi connectivity index (χ3v) is 2.43. The number of ether oxygens (including phenoxy) is 2. The van der Waals surface area contributed by atoms with Crippen molar-refractivity contribution in [3.05, 3.63) is 10.1 Å². The van der Waals surface area contributed by atoms with Gasteiger partial charge >= 0.3 is 11.9 Å². The normalized spacial score (nSPS) is 12.4. The maximum atomic E-state index is 11.4. The molecule has 18 heavy (non-hydrogen) atoms. The summed E-state index contributed by atoms with van der Waals surface area (Å²) in [6.45, 7) is 7.93. The highest BCUT2D eigenvalue weighted by atomic mass is 35.5. The van der Waals surface area contributed by atoms with Crippen molar-refractivity contribution >= 4 is 35.1 Å². The Kier molecular flexibility index (Phi) is 8.03. The molecule has 0 radical (unpaired) electrons. The molecule has 0 aromatic rings. The van der Waals surface area contributed by atoms with Gasteiger partial charge in [0.1, 0.15) is 0 Å². The molecule has 0 spiro atoms. The van der Waals surface area contributed by atoms with Crippen LogP contribution in [0, 0.1) is 11.8 Å². The van der Waals surface area contributed by atoms with Gasteiger partial charge in [-0.1, -0.05) is 50.9 Å². The second-order valence-corrected chi connectivity index (χ2v) is 5.37. The van der Waals surface area contributed by atoms with Crippen molar-refractivity contribution in [2.75, 3.05) is 13.2 Å². The minimum atomic E-state index is -0.822. The number of rotatable bonds is 6. The molecule has 0 aliphatic rings. The van der Waals surface area contributed by atoms with Crippen LogP contribution in [0.5, 0.6) is 0 Å². The van der Waals surface area contributed by atoms with E-state index in [4.69, 9.17) is 32.7 Å². The summed E-state index contributed by atoms with van der Waals surface area (Å²) in [4.78, 5) is 22.9. The SMILES string of the molecule is CC(C)COC(=O)/C(Cl)=C(/Cl)C(=O)OCC(C)C. The summed E-state index contributed by atoms with van der Waals surface area (Å²) in [7, 11) is 0. The minimum absolute atomic E-state index is 0.171. The smallest absolute Gasteiger partial charge is 0.351 e. The first-order valence-corrected chi connectivity index (χ1v) is 6.40. The van der Waals surface area contributed by atoms with Gasteiger partial charge in [0.05, 0.1) is 13.2 Å². The van der Waals surface area contributed by atoms with Gasteiger partial charge in [0.15, 0.2) is 10.1 Å². The predicted molar refractivity (Wildman–Crippen MR) is 70.3 cm³/mol. The molecular weight excluding hydrogens is 279 g/mol. The van der Waals surface area contributed by atoms with Gasteiger partial charge in [-0.15, -0.1) is 0 Å². The average Bonchev–Trinajstić information content (AvgIpc) is 2.30. The van der Waals surface area contributed by atoms with E-state index in [1.54, 1.807) is 0 Å². The number of hydrogen-bond acceptors (Lipinski definition) is 4. The van der Waals surface area contributed by atoms with Crippen LogP contribution < -0.4 is 0 Å². The molecule has 0 saturated carbocycles. The summed E-state index contributed by atoms with van der Waals surface area (Å²) in [6.07, 6.45) is 0. The Balaban J connectivity index is 4.49. The molecule has 4 nitrogen and oxygen atoms in total. The predicted octanol–water partition coefficient (Wildman–Crippen LogP) is 3.07. The molecule has 0 saturated heterocycles. The standard InChI is InChI=1S/C12H18Cl2O4/c1-7(2)5-17-11(15)9(13)10(14)12(16)18-6-8(3)4/h7-8H,5-6H2,1-4H3/b10-9-. The van der Waals surface area contributed by atoms with Gasteiger partial charge in [-0.2, -0.15) is 0 Å². The fraction of sp³-hybridized carbons (Fsp3) is 0.667. The van der Waals surface area contributed by atoms with E-state index in [1.165, 1.54) is 0 Å². The van der Waals surface area contributed by atoms with Crippen LogP contribution in [0.4, 0.5) is 0 Å². The number of esters is 2. The summed E-state index contributed by atoms with van der Waals surface area (Å²) in [6, 6.07) is 0. The van der Waals surface area contributed by atoms with Crippen molar-refractivity contribution in [1.82, 2.24) is 0 Å². The van der Waals surface area contributed by atoms with E-state index in [2.05, 4.69) is 0 Å². The van der Waals surface area contributed by atoms with E-state index in [1.807, 2.05) is 27.7 Å². The van der Waals surface area contributed by atoms with Gasteiger partial charge < -0.3 is 9.47 Å². The summed E-state index contributed by atoms with van der Waals surface area (Å²) < 4.78 is 9.68. The van der Waals surface area contributed by atoms with Crippen LogP contribution in [-0.4, -0.2) is 25.2 Å². The summed E-state index contributed by atoms with van der Waals surface area (Å²) in [5.41, 5.74) is 0. The molecule has 0 fully saturated rings. The highest BCUT2D eigenvalue weighted by Crippen LogP contribution is 2.18.